The van der Waals surface area contributed by atoms with Crippen molar-refractivity contribution < 1.29 is 14.3 Å². The van der Waals surface area contributed by atoms with Gasteiger partial charge in [-0.3, -0.25) is 10.1 Å². The molecule has 5 nitrogen and oxygen atoms in total. The maximum Gasteiger partial charge on any atom is 0.237 e. The third-order valence-electron chi connectivity index (χ3n) is 2.61. The Labute approximate surface area is 76.6 Å². The Morgan fingerprint density at radius 1 is 1.46 bits per heavy atom. The Morgan fingerprint density at radius 3 is 2.69 bits per heavy atom. The maximum absolute atomic E-state index is 10.9. The van der Waals surface area contributed by atoms with E-state index in [1.54, 1.807) is 0 Å². The minimum absolute atomic E-state index is 0.335. The molecule has 0 bridgehead atoms. The smallest absolute Gasteiger partial charge is 0.237 e. The second-order valence-corrected chi connectivity index (χ2v) is 3.52. The molecule has 0 radical (unpaired) electrons. The van der Waals surface area contributed by atoms with Crippen molar-refractivity contribution in [2.75, 3.05) is 19.8 Å². The zero-order valence-corrected chi connectivity index (χ0v) is 7.41. The van der Waals surface area contributed by atoms with E-state index in [9.17, 15) is 4.79 Å². The first-order chi connectivity index (χ1) is 6.22. The third kappa shape index (κ3) is 1.67. The SMILES string of the molecule is NC(=O)C1COC2(CCOCC2)N1. The van der Waals surface area contributed by atoms with Crippen molar-refractivity contribution in [3.63, 3.8) is 0 Å². The molecule has 2 heterocycles. The highest BCUT2D eigenvalue weighted by Crippen LogP contribution is 2.27. The summed E-state index contributed by atoms with van der Waals surface area (Å²) in [6.45, 7) is 1.74. The fourth-order valence-electron chi connectivity index (χ4n) is 1.79. The van der Waals surface area contributed by atoms with E-state index >= 15 is 0 Å². The fourth-order valence-corrected chi connectivity index (χ4v) is 1.79. The number of hydrogen-bond donors (Lipinski definition) is 2. The number of ether oxygens (including phenoxy) is 2. The summed E-state index contributed by atoms with van der Waals surface area (Å²) in [4.78, 5) is 10.9. The summed E-state index contributed by atoms with van der Waals surface area (Å²) >= 11 is 0. The molecule has 1 spiro atoms. The van der Waals surface area contributed by atoms with Gasteiger partial charge in [-0.15, -0.1) is 0 Å². The van der Waals surface area contributed by atoms with Crippen molar-refractivity contribution in [2.24, 2.45) is 5.73 Å². The molecule has 0 aliphatic carbocycles. The highest BCUT2D eigenvalue weighted by atomic mass is 16.5. The maximum atomic E-state index is 10.9. The summed E-state index contributed by atoms with van der Waals surface area (Å²) in [6, 6.07) is -0.335. The van der Waals surface area contributed by atoms with Crippen LogP contribution in [0.1, 0.15) is 12.8 Å². The first-order valence-corrected chi connectivity index (χ1v) is 4.51. The molecule has 5 heteroatoms. The molecule has 0 aromatic carbocycles. The molecule has 2 fully saturated rings. The highest BCUT2D eigenvalue weighted by Gasteiger charge is 2.42. The number of primary amides is 1. The first-order valence-electron chi connectivity index (χ1n) is 4.51. The molecule has 3 N–H and O–H groups in total. The monoisotopic (exact) mass is 186 g/mol. The Balaban J connectivity index is 1.98. The Hall–Kier alpha value is -0.650. The van der Waals surface area contributed by atoms with Gasteiger partial charge in [0.05, 0.1) is 19.8 Å². The molecule has 74 valence electrons. The van der Waals surface area contributed by atoms with E-state index in [1.165, 1.54) is 0 Å². The number of carbonyl (C=O) groups excluding carboxylic acids is 1. The molecule has 0 aromatic heterocycles. The molecule has 13 heavy (non-hydrogen) atoms. The van der Waals surface area contributed by atoms with Crippen molar-refractivity contribution >= 4 is 5.91 Å². The Bertz CT molecular complexity index is 213. The Morgan fingerprint density at radius 2 is 2.15 bits per heavy atom. The summed E-state index contributed by atoms with van der Waals surface area (Å²) in [7, 11) is 0. The van der Waals surface area contributed by atoms with Gasteiger partial charge in [0.25, 0.3) is 0 Å². The van der Waals surface area contributed by atoms with Crippen LogP contribution in [0, 0.1) is 0 Å². The fraction of sp³-hybridized carbons (Fsp3) is 0.875. The molecule has 1 unspecified atom stereocenters. The summed E-state index contributed by atoms with van der Waals surface area (Å²) in [5, 5.41) is 3.13. The molecular formula is C8H14N2O3. The summed E-state index contributed by atoms with van der Waals surface area (Å²) < 4.78 is 10.8. The van der Waals surface area contributed by atoms with Crippen LogP contribution in [-0.4, -0.2) is 37.5 Å². The number of amides is 1. The van der Waals surface area contributed by atoms with Gasteiger partial charge in [0.15, 0.2) is 0 Å². The second kappa shape index (κ2) is 3.25. The molecule has 0 aromatic rings. The van der Waals surface area contributed by atoms with Crippen molar-refractivity contribution in [3.8, 4) is 0 Å². The predicted octanol–water partition coefficient (Wildman–Crippen LogP) is -1.03. The van der Waals surface area contributed by atoms with Crippen LogP contribution in [-0.2, 0) is 14.3 Å². The van der Waals surface area contributed by atoms with Crippen LogP contribution in [0.25, 0.3) is 0 Å². The molecule has 0 saturated carbocycles. The van der Waals surface area contributed by atoms with E-state index in [0.29, 0.717) is 19.8 Å². The zero-order chi connectivity index (χ0) is 9.31. The van der Waals surface area contributed by atoms with Crippen LogP contribution in [0.5, 0.6) is 0 Å². The topological polar surface area (TPSA) is 73.6 Å². The van der Waals surface area contributed by atoms with Gasteiger partial charge in [0.2, 0.25) is 5.91 Å². The quantitative estimate of drug-likeness (QED) is 0.549. The molecule has 2 saturated heterocycles. The second-order valence-electron chi connectivity index (χ2n) is 3.52. The lowest BCUT2D eigenvalue weighted by atomic mass is 10.0. The van der Waals surface area contributed by atoms with Crippen molar-refractivity contribution in [1.29, 1.82) is 0 Å². The van der Waals surface area contributed by atoms with E-state index in [2.05, 4.69) is 5.32 Å². The normalized spacial score (nSPS) is 32.2. The van der Waals surface area contributed by atoms with Crippen LogP contribution in [0.4, 0.5) is 0 Å². The lowest BCUT2D eigenvalue weighted by molar-refractivity contribution is -0.119. The summed E-state index contributed by atoms with van der Waals surface area (Å²) in [5.41, 5.74) is 4.83. The van der Waals surface area contributed by atoms with E-state index in [-0.39, 0.29) is 17.7 Å². The van der Waals surface area contributed by atoms with Gasteiger partial charge >= 0.3 is 0 Å². The van der Waals surface area contributed by atoms with Crippen LogP contribution >= 0.6 is 0 Å². The van der Waals surface area contributed by atoms with Crippen LogP contribution < -0.4 is 11.1 Å². The molecule has 2 rings (SSSR count). The number of hydrogen-bond acceptors (Lipinski definition) is 4. The minimum atomic E-state index is -0.349. The summed E-state index contributed by atoms with van der Waals surface area (Å²) in [5.74, 6) is -0.344. The molecule has 1 atom stereocenters. The van der Waals surface area contributed by atoms with E-state index in [1.807, 2.05) is 0 Å². The Kier molecular flexibility index (Phi) is 2.23. The zero-order valence-electron chi connectivity index (χ0n) is 7.41. The summed E-state index contributed by atoms with van der Waals surface area (Å²) in [6.07, 6.45) is 1.58. The van der Waals surface area contributed by atoms with E-state index in [4.69, 9.17) is 15.2 Å². The molecular weight excluding hydrogens is 172 g/mol. The van der Waals surface area contributed by atoms with Crippen LogP contribution in [0.2, 0.25) is 0 Å². The van der Waals surface area contributed by atoms with E-state index in [0.717, 1.165) is 12.8 Å². The van der Waals surface area contributed by atoms with Crippen molar-refractivity contribution in [2.45, 2.75) is 24.6 Å². The van der Waals surface area contributed by atoms with Gasteiger partial charge in [0, 0.05) is 12.8 Å². The lowest BCUT2D eigenvalue weighted by Crippen LogP contribution is -2.51. The van der Waals surface area contributed by atoms with Crippen LogP contribution in [0.3, 0.4) is 0 Å². The van der Waals surface area contributed by atoms with Gasteiger partial charge in [-0.2, -0.15) is 0 Å². The predicted molar refractivity (Wildman–Crippen MR) is 44.9 cm³/mol. The van der Waals surface area contributed by atoms with Gasteiger partial charge < -0.3 is 15.2 Å². The average Bonchev–Trinajstić information content (AvgIpc) is 2.51. The van der Waals surface area contributed by atoms with Gasteiger partial charge in [-0.1, -0.05) is 0 Å². The number of rotatable bonds is 1. The largest absolute Gasteiger partial charge is 0.381 e. The number of nitrogens with two attached hydrogens (primary N) is 1. The van der Waals surface area contributed by atoms with E-state index < -0.39 is 0 Å². The van der Waals surface area contributed by atoms with Crippen molar-refractivity contribution in [1.82, 2.24) is 5.32 Å². The first kappa shape index (κ1) is 8.93. The number of nitrogens with one attached hydrogen (secondary N) is 1. The van der Waals surface area contributed by atoms with Crippen LogP contribution in [0.15, 0.2) is 0 Å². The molecule has 2 aliphatic heterocycles. The molecule has 1 amide bonds. The average molecular weight is 186 g/mol. The van der Waals surface area contributed by atoms with Crippen molar-refractivity contribution in [3.05, 3.63) is 0 Å². The van der Waals surface area contributed by atoms with Gasteiger partial charge in [-0.05, 0) is 0 Å². The number of carbonyl (C=O) groups is 1. The standard InChI is InChI=1S/C8H14N2O3/c9-7(11)6-5-13-8(10-6)1-3-12-4-2-8/h6,10H,1-5H2,(H2,9,11). The lowest BCUT2D eigenvalue weighted by Gasteiger charge is -2.32. The van der Waals surface area contributed by atoms with Gasteiger partial charge in [-0.25, -0.2) is 0 Å². The minimum Gasteiger partial charge on any atom is -0.381 e. The van der Waals surface area contributed by atoms with Gasteiger partial charge in [0.1, 0.15) is 11.8 Å². The third-order valence-corrected chi connectivity index (χ3v) is 2.61. The molecule has 2 aliphatic rings. The highest BCUT2D eigenvalue weighted by molar-refractivity contribution is 5.80.